The number of benzene rings is 1. The molecular formula is C16H21NO2. The third-order valence-electron chi connectivity index (χ3n) is 4.24. The molecule has 19 heavy (non-hydrogen) atoms. The van der Waals surface area contributed by atoms with Crippen molar-refractivity contribution in [3.05, 3.63) is 36.1 Å². The van der Waals surface area contributed by atoms with E-state index in [1.807, 2.05) is 30.3 Å². The van der Waals surface area contributed by atoms with Crippen molar-refractivity contribution >= 4 is 11.0 Å². The highest BCUT2D eigenvalue weighted by atomic mass is 16.4. The normalized spacial score (nSPS) is 25.6. The molecule has 0 spiro atoms. The molecule has 1 aromatic heterocycles. The molecule has 0 aliphatic carbocycles. The molecule has 1 aliphatic heterocycles. The summed E-state index contributed by atoms with van der Waals surface area (Å²) in [7, 11) is 0. The molecule has 102 valence electrons. The van der Waals surface area contributed by atoms with Crippen molar-refractivity contribution in [3.8, 4) is 0 Å². The van der Waals surface area contributed by atoms with Gasteiger partial charge < -0.3 is 14.4 Å². The lowest BCUT2D eigenvalue weighted by Crippen LogP contribution is -2.28. The van der Waals surface area contributed by atoms with Crippen LogP contribution < -0.4 is 0 Å². The van der Waals surface area contributed by atoms with Crippen LogP contribution in [0.4, 0.5) is 0 Å². The maximum Gasteiger partial charge on any atom is 0.136 e. The molecule has 0 saturated carbocycles. The Morgan fingerprint density at radius 2 is 2.11 bits per heavy atom. The first-order valence-corrected chi connectivity index (χ1v) is 7.15. The second-order valence-corrected chi connectivity index (χ2v) is 5.47. The Balaban J connectivity index is 1.90. The van der Waals surface area contributed by atoms with E-state index >= 15 is 0 Å². The van der Waals surface area contributed by atoms with E-state index in [1.54, 1.807) is 0 Å². The predicted molar refractivity (Wildman–Crippen MR) is 76.1 cm³/mol. The van der Waals surface area contributed by atoms with Gasteiger partial charge in [-0.15, -0.1) is 0 Å². The lowest BCUT2D eigenvalue weighted by Gasteiger charge is -2.24. The van der Waals surface area contributed by atoms with Crippen LogP contribution in [0.3, 0.4) is 0 Å². The van der Waals surface area contributed by atoms with Crippen molar-refractivity contribution in [3.63, 3.8) is 0 Å². The molecule has 2 aromatic rings. The molecule has 3 rings (SSSR count). The van der Waals surface area contributed by atoms with E-state index in [0.29, 0.717) is 0 Å². The van der Waals surface area contributed by atoms with E-state index in [1.165, 1.54) is 0 Å². The minimum atomic E-state index is -0.803. The molecule has 1 unspecified atom stereocenters. The number of likely N-dealkylation sites (tertiary alicyclic amines) is 1. The van der Waals surface area contributed by atoms with Gasteiger partial charge in [0.25, 0.3) is 0 Å². The summed E-state index contributed by atoms with van der Waals surface area (Å²) in [5.74, 6) is 0.728. The zero-order valence-electron chi connectivity index (χ0n) is 11.4. The molecule has 1 aromatic carbocycles. The van der Waals surface area contributed by atoms with Crippen LogP contribution in [0.15, 0.2) is 34.7 Å². The molecule has 0 amide bonds. The van der Waals surface area contributed by atoms with Crippen molar-refractivity contribution in [1.29, 1.82) is 0 Å². The van der Waals surface area contributed by atoms with E-state index in [9.17, 15) is 5.11 Å². The van der Waals surface area contributed by atoms with E-state index in [0.717, 1.165) is 55.6 Å². The highest BCUT2D eigenvalue weighted by Gasteiger charge is 2.34. The van der Waals surface area contributed by atoms with Gasteiger partial charge in [0.1, 0.15) is 16.9 Å². The number of para-hydroxylation sites is 1. The SMILES string of the molecule is CCN1CCCC(O)(c2cc3ccccc3o2)CC1. The van der Waals surface area contributed by atoms with Crippen molar-refractivity contribution in [2.24, 2.45) is 0 Å². The summed E-state index contributed by atoms with van der Waals surface area (Å²) in [5.41, 5.74) is 0.0608. The quantitative estimate of drug-likeness (QED) is 0.900. The maximum atomic E-state index is 10.9. The van der Waals surface area contributed by atoms with Gasteiger partial charge in [0, 0.05) is 11.9 Å². The second-order valence-electron chi connectivity index (χ2n) is 5.47. The van der Waals surface area contributed by atoms with Crippen LogP contribution in [-0.4, -0.2) is 29.6 Å². The Morgan fingerprint density at radius 3 is 2.89 bits per heavy atom. The van der Waals surface area contributed by atoms with E-state index in [2.05, 4.69) is 11.8 Å². The number of hydrogen-bond donors (Lipinski definition) is 1. The molecule has 2 heterocycles. The monoisotopic (exact) mass is 259 g/mol. The summed E-state index contributed by atoms with van der Waals surface area (Å²) in [6.45, 7) is 5.23. The van der Waals surface area contributed by atoms with E-state index in [4.69, 9.17) is 4.42 Å². The maximum absolute atomic E-state index is 10.9. The van der Waals surface area contributed by atoms with Crippen LogP contribution >= 0.6 is 0 Å². The van der Waals surface area contributed by atoms with Gasteiger partial charge in [-0.2, -0.15) is 0 Å². The molecule has 3 heteroatoms. The Morgan fingerprint density at radius 1 is 1.26 bits per heavy atom. The number of aliphatic hydroxyl groups is 1. The third-order valence-corrected chi connectivity index (χ3v) is 4.24. The Labute approximate surface area is 113 Å². The summed E-state index contributed by atoms with van der Waals surface area (Å²) >= 11 is 0. The fourth-order valence-electron chi connectivity index (χ4n) is 2.95. The molecule has 1 saturated heterocycles. The Kier molecular flexibility index (Phi) is 3.33. The number of nitrogens with zero attached hydrogens (tertiary/aromatic N) is 1. The van der Waals surface area contributed by atoms with Gasteiger partial charge >= 0.3 is 0 Å². The van der Waals surface area contributed by atoms with Crippen LogP contribution in [0, 0.1) is 0 Å². The van der Waals surface area contributed by atoms with Gasteiger partial charge in [0.05, 0.1) is 0 Å². The van der Waals surface area contributed by atoms with Crippen molar-refractivity contribution < 1.29 is 9.52 Å². The van der Waals surface area contributed by atoms with Gasteiger partial charge in [-0.1, -0.05) is 25.1 Å². The average molecular weight is 259 g/mol. The molecule has 3 nitrogen and oxygen atoms in total. The Bertz CT molecular complexity index is 530. The van der Waals surface area contributed by atoms with Crippen LogP contribution in [0.25, 0.3) is 11.0 Å². The number of hydrogen-bond acceptors (Lipinski definition) is 3. The van der Waals surface area contributed by atoms with Gasteiger partial charge in [0.15, 0.2) is 0 Å². The van der Waals surface area contributed by atoms with Crippen LogP contribution in [0.1, 0.15) is 31.9 Å². The lowest BCUT2D eigenvalue weighted by atomic mass is 9.92. The fourth-order valence-corrected chi connectivity index (χ4v) is 2.95. The van der Waals surface area contributed by atoms with Gasteiger partial charge in [0.2, 0.25) is 0 Å². The van der Waals surface area contributed by atoms with Crippen molar-refractivity contribution in [2.45, 2.75) is 31.8 Å². The largest absolute Gasteiger partial charge is 0.458 e. The van der Waals surface area contributed by atoms with Gasteiger partial charge in [-0.25, -0.2) is 0 Å². The number of fused-ring (bicyclic) bond motifs is 1. The summed E-state index contributed by atoms with van der Waals surface area (Å²) in [6.07, 6.45) is 2.55. The van der Waals surface area contributed by atoms with Gasteiger partial charge in [-0.05, 0) is 44.5 Å². The molecule has 0 radical (unpaired) electrons. The van der Waals surface area contributed by atoms with Crippen molar-refractivity contribution in [2.75, 3.05) is 19.6 Å². The average Bonchev–Trinajstić information content (AvgIpc) is 2.78. The van der Waals surface area contributed by atoms with Crippen LogP contribution in [0.2, 0.25) is 0 Å². The first-order chi connectivity index (χ1) is 9.21. The Hall–Kier alpha value is -1.32. The predicted octanol–water partition coefficient (Wildman–Crippen LogP) is 3.13. The summed E-state index contributed by atoms with van der Waals surface area (Å²) in [4.78, 5) is 2.39. The first-order valence-electron chi connectivity index (χ1n) is 7.15. The molecule has 1 aliphatic rings. The van der Waals surface area contributed by atoms with E-state index < -0.39 is 5.60 Å². The van der Waals surface area contributed by atoms with E-state index in [-0.39, 0.29) is 0 Å². The van der Waals surface area contributed by atoms with Crippen LogP contribution in [0.5, 0.6) is 0 Å². The highest BCUT2D eigenvalue weighted by molar-refractivity contribution is 5.77. The van der Waals surface area contributed by atoms with Crippen LogP contribution in [-0.2, 0) is 5.60 Å². The molecular weight excluding hydrogens is 238 g/mol. The number of furan rings is 1. The molecule has 0 bridgehead atoms. The lowest BCUT2D eigenvalue weighted by molar-refractivity contribution is 0.00191. The molecule has 1 fully saturated rings. The minimum Gasteiger partial charge on any atom is -0.458 e. The van der Waals surface area contributed by atoms with Crippen molar-refractivity contribution in [1.82, 2.24) is 4.90 Å². The highest BCUT2D eigenvalue weighted by Crippen LogP contribution is 2.35. The minimum absolute atomic E-state index is 0.728. The zero-order chi connectivity index (χ0) is 13.3. The second kappa shape index (κ2) is 4.99. The smallest absolute Gasteiger partial charge is 0.136 e. The summed E-state index contributed by atoms with van der Waals surface area (Å²) in [5, 5.41) is 12.0. The zero-order valence-corrected chi connectivity index (χ0v) is 11.4. The molecule has 1 atom stereocenters. The molecule has 1 N–H and O–H groups in total. The van der Waals surface area contributed by atoms with Gasteiger partial charge in [-0.3, -0.25) is 0 Å². The summed E-state index contributed by atoms with van der Waals surface area (Å²) < 4.78 is 5.87. The third kappa shape index (κ3) is 2.40. The number of rotatable bonds is 2. The summed E-state index contributed by atoms with van der Waals surface area (Å²) in [6, 6.07) is 9.94. The fraction of sp³-hybridized carbons (Fsp3) is 0.500. The standard InChI is InChI=1S/C16H21NO2/c1-2-17-10-5-8-16(18,9-11-17)15-12-13-6-3-4-7-14(13)19-15/h3-4,6-7,12,18H,2,5,8-11H2,1H3. The first kappa shape index (κ1) is 12.7. The topological polar surface area (TPSA) is 36.6 Å².